The number of benzene rings is 1. The largest absolute Gasteiger partial charge is 0.379 e. The van der Waals surface area contributed by atoms with Crippen LogP contribution >= 0.6 is 0 Å². The fraction of sp³-hybridized carbons (Fsp3) is 0.562. The molecule has 27 heavy (non-hydrogen) atoms. The number of hydrogen-bond donors (Lipinski definition) is 1. The number of anilines is 1. The van der Waals surface area contributed by atoms with E-state index in [9.17, 15) is 26.0 Å². The number of carbonyl (C=O) groups is 1. The van der Waals surface area contributed by atoms with Gasteiger partial charge in [0.1, 0.15) is 16.0 Å². The molecule has 1 amide bonds. The number of carbonyl (C=O) groups excluding carboxylic acids is 1. The minimum absolute atomic E-state index is 0.000888. The molecule has 1 heterocycles. The summed E-state index contributed by atoms with van der Waals surface area (Å²) in [6, 6.07) is 3.09. The molecule has 1 saturated heterocycles. The highest BCUT2D eigenvalue weighted by Gasteiger charge is 2.32. The third-order valence-electron chi connectivity index (χ3n) is 4.31. The van der Waals surface area contributed by atoms with Gasteiger partial charge < -0.3 is 10.1 Å². The van der Waals surface area contributed by atoms with Gasteiger partial charge in [0.15, 0.2) is 9.84 Å². The molecule has 8 nitrogen and oxygen atoms in total. The Morgan fingerprint density at radius 2 is 1.74 bits per heavy atom. The van der Waals surface area contributed by atoms with Gasteiger partial charge in [0.05, 0.1) is 18.5 Å². The third kappa shape index (κ3) is 4.65. The Morgan fingerprint density at radius 3 is 2.30 bits per heavy atom. The van der Waals surface area contributed by atoms with Crippen molar-refractivity contribution >= 4 is 31.5 Å². The Hall–Kier alpha value is -1.56. The van der Waals surface area contributed by atoms with Crippen LogP contribution in [0, 0.1) is 5.82 Å². The third-order valence-corrected chi connectivity index (χ3v) is 8.73. The van der Waals surface area contributed by atoms with Crippen molar-refractivity contribution in [3.8, 4) is 0 Å². The van der Waals surface area contributed by atoms with Crippen molar-refractivity contribution in [2.75, 3.05) is 31.6 Å². The highest BCUT2D eigenvalue weighted by molar-refractivity contribution is 7.93. The number of amides is 1. The second kappa shape index (κ2) is 8.21. The second-order valence-corrected chi connectivity index (χ2v) is 11.2. The first-order valence-electron chi connectivity index (χ1n) is 8.39. The topological polar surface area (TPSA) is 110 Å². The van der Waals surface area contributed by atoms with Crippen LogP contribution in [0.15, 0.2) is 23.1 Å². The smallest absolute Gasteiger partial charge is 0.246 e. The van der Waals surface area contributed by atoms with Gasteiger partial charge in [-0.05, 0) is 39.0 Å². The molecule has 1 aromatic rings. The lowest BCUT2D eigenvalue weighted by atomic mass is 10.3. The number of sulfone groups is 1. The Balaban J connectivity index is 2.28. The lowest BCUT2D eigenvalue weighted by molar-refractivity contribution is -0.115. The highest BCUT2D eigenvalue weighted by atomic mass is 32.2. The average molecular weight is 423 g/mol. The highest BCUT2D eigenvalue weighted by Crippen LogP contribution is 2.24. The number of ether oxygens (including phenoxy) is 1. The van der Waals surface area contributed by atoms with E-state index in [-0.39, 0.29) is 32.0 Å². The van der Waals surface area contributed by atoms with Gasteiger partial charge in [0, 0.05) is 18.8 Å². The van der Waals surface area contributed by atoms with E-state index in [1.165, 1.54) is 26.8 Å². The van der Waals surface area contributed by atoms with Gasteiger partial charge in [-0.15, -0.1) is 0 Å². The molecule has 1 aromatic carbocycles. The monoisotopic (exact) mass is 422 g/mol. The first-order chi connectivity index (χ1) is 12.5. The average Bonchev–Trinajstić information content (AvgIpc) is 2.63. The van der Waals surface area contributed by atoms with Crippen molar-refractivity contribution in [2.24, 2.45) is 0 Å². The molecule has 0 aromatic heterocycles. The maximum atomic E-state index is 14.2. The zero-order valence-corrected chi connectivity index (χ0v) is 16.9. The summed E-state index contributed by atoms with van der Waals surface area (Å²) in [5.41, 5.74) is -0.000888. The molecule has 1 aliphatic heterocycles. The summed E-state index contributed by atoms with van der Waals surface area (Å²) < 4.78 is 69.9. The molecule has 0 saturated carbocycles. The van der Waals surface area contributed by atoms with Crippen LogP contribution < -0.4 is 5.32 Å². The summed E-state index contributed by atoms with van der Waals surface area (Å²) in [4.78, 5) is 11.7. The minimum atomic E-state index is -4.10. The van der Waals surface area contributed by atoms with Crippen molar-refractivity contribution < 1.29 is 30.8 Å². The van der Waals surface area contributed by atoms with Crippen LogP contribution in [0.4, 0.5) is 10.1 Å². The predicted octanol–water partition coefficient (Wildman–Crippen LogP) is 0.997. The molecule has 1 fully saturated rings. The molecule has 0 bridgehead atoms. The number of morpholine rings is 1. The Labute approximate surface area is 158 Å². The number of sulfonamides is 1. The van der Waals surface area contributed by atoms with Gasteiger partial charge in [-0.1, -0.05) is 0 Å². The Morgan fingerprint density at radius 1 is 1.15 bits per heavy atom. The molecular formula is C16H23FN2O6S2. The maximum absolute atomic E-state index is 14.2. The van der Waals surface area contributed by atoms with Crippen LogP contribution in [0.3, 0.4) is 0 Å². The first kappa shape index (κ1) is 21.7. The van der Waals surface area contributed by atoms with Crippen molar-refractivity contribution in [2.45, 2.75) is 36.2 Å². The summed E-state index contributed by atoms with van der Waals surface area (Å²) in [5, 5.41) is 0.275. The van der Waals surface area contributed by atoms with Gasteiger partial charge >= 0.3 is 0 Å². The van der Waals surface area contributed by atoms with E-state index in [1.807, 2.05) is 0 Å². The van der Waals surface area contributed by atoms with Crippen molar-refractivity contribution in [3.63, 3.8) is 0 Å². The van der Waals surface area contributed by atoms with Gasteiger partial charge in [0.2, 0.25) is 15.9 Å². The second-order valence-electron chi connectivity index (χ2n) is 6.43. The minimum Gasteiger partial charge on any atom is -0.379 e. The molecular weight excluding hydrogens is 399 g/mol. The van der Waals surface area contributed by atoms with E-state index in [4.69, 9.17) is 4.74 Å². The van der Waals surface area contributed by atoms with E-state index < -0.39 is 47.0 Å². The van der Waals surface area contributed by atoms with Crippen molar-refractivity contribution in [3.05, 3.63) is 24.0 Å². The summed E-state index contributed by atoms with van der Waals surface area (Å²) in [6.45, 7) is 4.79. The van der Waals surface area contributed by atoms with Crippen molar-refractivity contribution in [1.29, 1.82) is 0 Å². The van der Waals surface area contributed by atoms with Gasteiger partial charge in [-0.3, -0.25) is 4.79 Å². The van der Waals surface area contributed by atoms with E-state index in [0.717, 1.165) is 16.4 Å². The zero-order chi connectivity index (χ0) is 20.4. The van der Waals surface area contributed by atoms with Crippen LogP contribution in [0.2, 0.25) is 0 Å². The van der Waals surface area contributed by atoms with E-state index in [0.29, 0.717) is 0 Å². The summed E-state index contributed by atoms with van der Waals surface area (Å²) >= 11 is 0. The standard InChI is InChI=1S/C16H23FN2O6S2/c1-11(2)26(21,22)12(3)16(20)18-13-4-5-14(17)15(10-13)27(23,24)19-6-8-25-9-7-19/h4-5,10-12H,6-9H2,1-3H3,(H,18,20). The predicted molar refractivity (Wildman–Crippen MR) is 98.1 cm³/mol. The molecule has 0 spiro atoms. The lowest BCUT2D eigenvalue weighted by Crippen LogP contribution is -2.41. The molecule has 0 radical (unpaired) electrons. The van der Waals surface area contributed by atoms with Crippen LogP contribution in [-0.4, -0.2) is 63.9 Å². The number of nitrogens with zero attached hydrogens (tertiary/aromatic N) is 1. The van der Waals surface area contributed by atoms with Crippen LogP contribution in [0.25, 0.3) is 0 Å². The Bertz CT molecular complexity index is 909. The van der Waals surface area contributed by atoms with Crippen LogP contribution in [0.1, 0.15) is 20.8 Å². The van der Waals surface area contributed by atoms with E-state index in [2.05, 4.69) is 5.32 Å². The number of nitrogens with one attached hydrogen (secondary N) is 1. The van der Waals surface area contributed by atoms with Crippen LogP contribution in [-0.2, 0) is 29.4 Å². The molecule has 1 aliphatic rings. The molecule has 2 rings (SSSR count). The first-order valence-corrected chi connectivity index (χ1v) is 11.4. The fourth-order valence-electron chi connectivity index (χ4n) is 2.51. The van der Waals surface area contributed by atoms with Crippen LogP contribution in [0.5, 0.6) is 0 Å². The number of hydrogen-bond acceptors (Lipinski definition) is 6. The lowest BCUT2D eigenvalue weighted by Gasteiger charge is -2.26. The van der Waals surface area contributed by atoms with Gasteiger partial charge in [0.25, 0.3) is 0 Å². The molecule has 1 atom stereocenters. The van der Waals surface area contributed by atoms with E-state index >= 15 is 0 Å². The number of halogens is 1. The molecule has 0 aliphatic carbocycles. The summed E-state index contributed by atoms with van der Waals surface area (Å²) in [5.74, 6) is -1.77. The molecule has 1 N–H and O–H groups in total. The normalized spacial score (nSPS) is 17.7. The van der Waals surface area contributed by atoms with Gasteiger partial charge in [-0.2, -0.15) is 4.31 Å². The molecule has 1 unspecified atom stereocenters. The summed E-state index contributed by atoms with van der Waals surface area (Å²) in [6.07, 6.45) is 0. The van der Waals surface area contributed by atoms with E-state index in [1.54, 1.807) is 0 Å². The Kier molecular flexibility index (Phi) is 6.61. The molecule has 11 heteroatoms. The quantitative estimate of drug-likeness (QED) is 0.732. The van der Waals surface area contributed by atoms with Gasteiger partial charge in [-0.25, -0.2) is 21.2 Å². The summed E-state index contributed by atoms with van der Waals surface area (Å²) in [7, 11) is -7.79. The molecule has 152 valence electrons. The SMILES string of the molecule is CC(C)S(=O)(=O)C(C)C(=O)Nc1ccc(F)c(S(=O)(=O)N2CCOCC2)c1. The zero-order valence-electron chi connectivity index (χ0n) is 15.3. The number of rotatable bonds is 6. The fourth-order valence-corrected chi connectivity index (χ4v) is 5.18. The van der Waals surface area contributed by atoms with Crippen molar-refractivity contribution in [1.82, 2.24) is 4.31 Å². The maximum Gasteiger partial charge on any atom is 0.246 e.